The van der Waals surface area contributed by atoms with Crippen molar-refractivity contribution in [3.8, 4) is 0 Å². The van der Waals surface area contributed by atoms with E-state index in [1.54, 1.807) is 0 Å². The molecule has 2 rings (SSSR count). The predicted molar refractivity (Wildman–Crippen MR) is 82.8 cm³/mol. The van der Waals surface area contributed by atoms with Crippen molar-refractivity contribution in [1.82, 2.24) is 10.2 Å². The zero-order chi connectivity index (χ0) is 14.4. The van der Waals surface area contributed by atoms with Crippen LogP contribution >= 0.6 is 0 Å². The second-order valence-electron chi connectivity index (χ2n) is 5.86. The fourth-order valence-electron chi connectivity index (χ4n) is 2.71. The van der Waals surface area contributed by atoms with Gasteiger partial charge in [-0.2, -0.15) is 0 Å². The van der Waals surface area contributed by atoms with Crippen LogP contribution in [0, 0.1) is 0 Å². The van der Waals surface area contributed by atoms with Gasteiger partial charge in [0.25, 0.3) is 0 Å². The molecule has 1 heterocycles. The van der Waals surface area contributed by atoms with Crippen LogP contribution in [-0.4, -0.2) is 36.5 Å². The van der Waals surface area contributed by atoms with Crippen LogP contribution in [0.5, 0.6) is 0 Å². The average molecular weight is 274 g/mol. The summed E-state index contributed by atoms with van der Waals surface area (Å²) >= 11 is 0. The van der Waals surface area contributed by atoms with E-state index in [1.165, 1.54) is 11.1 Å². The molecule has 0 spiro atoms. The largest absolute Gasteiger partial charge is 0.342 e. The molecule has 110 valence electrons. The fraction of sp³-hybridized carbons (Fsp3) is 0.588. The molecular weight excluding hydrogens is 248 g/mol. The highest BCUT2D eigenvalue weighted by atomic mass is 16.2. The van der Waals surface area contributed by atoms with Crippen molar-refractivity contribution in [2.45, 2.75) is 45.6 Å². The van der Waals surface area contributed by atoms with Gasteiger partial charge in [0, 0.05) is 25.6 Å². The summed E-state index contributed by atoms with van der Waals surface area (Å²) in [5.74, 6) is 0.309. The molecule has 3 nitrogen and oxygen atoms in total. The number of benzene rings is 1. The van der Waals surface area contributed by atoms with E-state index in [1.807, 2.05) is 4.90 Å². The lowest BCUT2D eigenvalue weighted by Gasteiger charge is -2.20. The maximum absolute atomic E-state index is 12.2. The number of amides is 1. The van der Waals surface area contributed by atoms with Crippen molar-refractivity contribution in [2.75, 3.05) is 19.6 Å². The Bertz CT molecular complexity index is 415. The molecule has 0 aromatic heterocycles. The number of nitrogens with one attached hydrogen (secondary N) is 1. The van der Waals surface area contributed by atoms with Crippen LogP contribution in [0.25, 0.3) is 0 Å². The topological polar surface area (TPSA) is 32.3 Å². The summed E-state index contributed by atoms with van der Waals surface area (Å²) in [6.07, 6.45) is 3.58. The van der Waals surface area contributed by atoms with Gasteiger partial charge in [0.15, 0.2) is 0 Å². The highest BCUT2D eigenvalue weighted by Crippen LogP contribution is 2.16. The molecule has 0 atom stereocenters. The molecule has 0 saturated carbocycles. The molecule has 1 amide bonds. The SMILES string of the molecule is CC(C)NCCCC(=O)N1CCc2ccccc2CC1. The molecule has 3 heteroatoms. The molecule has 20 heavy (non-hydrogen) atoms. The molecular formula is C17H26N2O. The fourth-order valence-corrected chi connectivity index (χ4v) is 2.71. The van der Waals surface area contributed by atoms with Gasteiger partial charge in [-0.15, -0.1) is 0 Å². The number of hydrogen-bond donors (Lipinski definition) is 1. The Morgan fingerprint density at radius 3 is 2.35 bits per heavy atom. The van der Waals surface area contributed by atoms with Crippen LogP contribution in [0.15, 0.2) is 24.3 Å². The number of carbonyl (C=O) groups excluding carboxylic acids is 1. The van der Waals surface area contributed by atoms with E-state index >= 15 is 0 Å². The van der Waals surface area contributed by atoms with Crippen molar-refractivity contribution in [2.24, 2.45) is 0 Å². The van der Waals surface area contributed by atoms with Gasteiger partial charge >= 0.3 is 0 Å². The van der Waals surface area contributed by atoms with Gasteiger partial charge in [-0.1, -0.05) is 38.1 Å². The minimum Gasteiger partial charge on any atom is -0.342 e. The molecule has 0 saturated heterocycles. The minimum absolute atomic E-state index is 0.309. The number of fused-ring (bicyclic) bond motifs is 1. The Kier molecular flexibility index (Phi) is 5.60. The molecule has 0 bridgehead atoms. The Morgan fingerprint density at radius 2 is 1.80 bits per heavy atom. The highest BCUT2D eigenvalue weighted by molar-refractivity contribution is 5.76. The molecule has 0 radical (unpaired) electrons. The van der Waals surface area contributed by atoms with E-state index in [0.29, 0.717) is 18.4 Å². The lowest BCUT2D eigenvalue weighted by Crippen LogP contribution is -2.34. The van der Waals surface area contributed by atoms with Crippen molar-refractivity contribution in [1.29, 1.82) is 0 Å². The number of rotatable bonds is 5. The zero-order valence-electron chi connectivity index (χ0n) is 12.7. The van der Waals surface area contributed by atoms with Gasteiger partial charge in [-0.25, -0.2) is 0 Å². The highest BCUT2D eigenvalue weighted by Gasteiger charge is 2.17. The first kappa shape index (κ1) is 15.0. The summed E-state index contributed by atoms with van der Waals surface area (Å²) in [6.45, 7) is 6.93. The van der Waals surface area contributed by atoms with Gasteiger partial charge < -0.3 is 10.2 Å². The van der Waals surface area contributed by atoms with E-state index in [-0.39, 0.29) is 0 Å². The van der Waals surface area contributed by atoms with Crippen molar-refractivity contribution in [3.05, 3.63) is 35.4 Å². The van der Waals surface area contributed by atoms with E-state index in [2.05, 4.69) is 43.4 Å². The molecule has 1 aliphatic heterocycles. The summed E-state index contributed by atoms with van der Waals surface area (Å²) in [4.78, 5) is 14.3. The van der Waals surface area contributed by atoms with Gasteiger partial charge in [0.1, 0.15) is 0 Å². The summed E-state index contributed by atoms with van der Waals surface area (Å²) < 4.78 is 0. The molecule has 0 unspecified atom stereocenters. The molecule has 0 aliphatic carbocycles. The van der Waals surface area contributed by atoms with Crippen LogP contribution in [0.4, 0.5) is 0 Å². The summed E-state index contributed by atoms with van der Waals surface area (Å²) in [5.41, 5.74) is 2.81. The second-order valence-corrected chi connectivity index (χ2v) is 5.86. The lowest BCUT2D eigenvalue weighted by molar-refractivity contribution is -0.131. The number of carbonyl (C=O) groups is 1. The van der Waals surface area contributed by atoms with Crippen molar-refractivity contribution >= 4 is 5.91 Å². The number of nitrogens with zero attached hydrogens (tertiary/aromatic N) is 1. The molecule has 1 N–H and O–H groups in total. The Balaban J connectivity index is 1.78. The summed E-state index contributed by atoms with van der Waals surface area (Å²) in [6, 6.07) is 9.06. The van der Waals surface area contributed by atoms with Gasteiger partial charge in [0.05, 0.1) is 0 Å². The Morgan fingerprint density at radius 1 is 1.20 bits per heavy atom. The van der Waals surface area contributed by atoms with E-state index in [0.717, 1.165) is 38.9 Å². The minimum atomic E-state index is 0.309. The van der Waals surface area contributed by atoms with Crippen LogP contribution in [0.3, 0.4) is 0 Å². The molecule has 1 aliphatic rings. The van der Waals surface area contributed by atoms with Gasteiger partial charge in [-0.3, -0.25) is 4.79 Å². The van der Waals surface area contributed by atoms with Crippen LogP contribution < -0.4 is 5.32 Å². The van der Waals surface area contributed by atoms with E-state index in [4.69, 9.17) is 0 Å². The third-order valence-corrected chi connectivity index (χ3v) is 3.89. The average Bonchev–Trinajstić information content (AvgIpc) is 2.65. The monoisotopic (exact) mass is 274 g/mol. The third-order valence-electron chi connectivity index (χ3n) is 3.89. The van der Waals surface area contributed by atoms with Gasteiger partial charge in [0.2, 0.25) is 5.91 Å². The second kappa shape index (κ2) is 7.44. The smallest absolute Gasteiger partial charge is 0.222 e. The maximum Gasteiger partial charge on any atom is 0.222 e. The predicted octanol–water partition coefficient (Wildman–Crippen LogP) is 2.39. The quantitative estimate of drug-likeness (QED) is 0.836. The van der Waals surface area contributed by atoms with Crippen molar-refractivity contribution in [3.63, 3.8) is 0 Å². The first-order chi connectivity index (χ1) is 9.66. The van der Waals surface area contributed by atoms with E-state index < -0.39 is 0 Å². The Hall–Kier alpha value is -1.35. The Labute approximate surface area is 122 Å². The van der Waals surface area contributed by atoms with Crippen LogP contribution in [0.1, 0.15) is 37.8 Å². The zero-order valence-corrected chi connectivity index (χ0v) is 12.7. The summed E-state index contributed by atoms with van der Waals surface area (Å²) in [7, 11) is 0. The lowest BCUT2D eigenvalue weighted by atomic mass is 10.0. The molecule has 0 fully saturated rings. The first-order valence-corrected chi connectivity index (χ1v) is 7.75. The molecule has 1 aromatic carbocycles. The van der Waals surface area contributed by atoms with Gasteiger partial charge in [-0.05, 0) is 36.9 Å². The van der Waals surface area contributed by atoms with E-state index in [9.17, 15) is 4.79 Å². The normalized spacial score (nSPS) is 15.1. The molecule has 1 aromatic rings. The number of hydrogen-bond acceptors (Lipinski definition) is 2. The third kappa shape index (κ3) is 4.34. The van der Waals surface area contributed by atoms with Crippen molar-refractivity contribution < 1.29 is 4.79 Å². The van der Waals surface area contributed by atoms with Crippen LogP contribution in [0.2, 0.25) is 0 Å². The summed E-state index contributed by atoms with van der Waals surface area (Å²) in [5, 5.41) is 3.36. The standard InChI is InChI=1S/C17H26N2O/c1-14(2)18-11-5-8-17(20)19-12-9-15-6-3-4-7-16(15)10-13-19/h3-4,6-7,14,18H,5,8-13H2,1-2H3. The first-order valence-electron chi connectivity index (χ1n) is 7.75. The maximum atomic E-state index is 12.2. The van der Waals surface area contributed by atoms with Crippen LogP contribution in [-0.2, 0) is 17.6 Å².